The predicted molar refractivity (Wildman–Crippen MR) is 61.6 cm³/mol. The Hall–Kier alpha value is -1.51. The minimum absolute atomic E-state index is 0.0257. The molecular formula is C14H14F2O. The molecule has 1 aromatic carbocycles. The fraction of sp³-hybridized carbons (Fsp3) is 0.357. The van der Waals surface area contributed by atoms with Crippen LogP contribution in [0.15, 0.2) is 29.8 Å². The molecule has 0 N–H and O–H groups in total. The quantitative estimate of drug-likeness (QED) is 0.784. The number of carbonyl (C=O) groups excluding carboxylic acids is 1. The van der Waals surface area contributed by atoms with E-state index in [-0.39, 0.29) is 17.8 Å². The van der Waals surface area contributed by atoms with Gasteiger partial charge in [-0.05, 0) is 42.9 Å². The summed E-state index contributed by atoms with van der Waals surface area (Å²) in [5.41, 5.74) is 1.06. The molecule has 1 aliphatic rings. The lowest BCUT2D eigenvalue weighted by Gasteiger charge is -2.11. The zero-order valence-electron chi connectivity index (χ0n) is 9.51. The number of halogens is 2. The van der Waals surface area contributed by atoms with Gasteiger partial charge < -0.3 is 0 Å². The summed E-state index contributed by atoms with van der Waals surface area (Å²) in [4.78, 5) is 11.9. The van der Waals surface area contributed by atoms with Gasteiger partial charge in [-0.3, -0.25) is 4.79 Å². The Bertz CT molecular complexity index is 463. The third kappa shape index (κ3) is 2.99. The SMILES string of the molecule is O=C(Cc1ccc(F)cc1F)C1=CCCCC1. The molecule has 1 aliphatic carbocycles. The van der Waals surface area contributed by atoms with Gasteiger partial charge in [0.15, 0.2) is 5.78 Å². The fourth-order valence-electron chi connectivity index (χ4n) is 2.04. The summed E-state index contributed by atoms with van der Waals surface area (Å²) in [6, 6.07) is 3.34. The highest BCUT2D eigenvalue weighted by Crippen LogP contribution is 2.20. The Morgan fingerprint density at radius 3 is 2.71 bits per heavy atom. The third-order valence-electron chi connectivity index (χ3n) is 3.02. The van der Waals surface area contributed by atoms with E-state index in [1.807, 2.05) is 6.08 Å². The molecule has 2 rings (SSSR count). The lowest BCUT2D eigenvalue weighted by atomic mass is 9.93. The van der Waals surface area contributed by atoms with E-state index in [2.05, 4.69) is 0 Å². The van der Waals surface area contributed by atoms with Crippen molar-refractivity contribution in [3.05, 3.63) is 47.0 Å². The summed E-state index contributed by atoms with van der Waals surface area (Å²) in [6.07, 6.45) is 5.80. The van der Waals surface area contributed by atoms with Crippen molar-refractivity contribution in [3.8, 4) is 0 Å². The molecule has 0 fully saturated rings. The van der Waals surface area contributed by atoms with Crippen molar-refractivity contribution in [1.82, 2.24) is 0 Å². The van der Waals surface area contributed by atoms with Gasteiger partial charge in [0.1, 0.15) is 11.6 Å². The fourth-order valence-corrected chi connectivity index (χ4v) is 2.04. The van der Waals surface area contributed by atoms with Crippen LogP contribution in [0.25, 0.3) is 0 Å². The Morgan fingerprint density at radius 1 is 1.24 bits per heavy atom. The second-order valence-corrected chi connectivity index (χ2v) is 4.31. The van der Waals surface area contributed by atoms with Gasteiger partial charge in [0.25, 0.3) is 0 Å². The van der Waals surface area contributed by atoms with E-state index < -0.39 is 11.6 Å². The normalized spacial score (nSPS) is 15.5. The van der Waals surface area contributed by atoms with Gasteiger partial charge in [-0.15, -0.1) is 0 Å². The van der Waals surface area contributed by atoms with Crippen LogP contribution in [0.2, 0.25) is 0 Å². The topological polar surface area (TPSA) is 17.1 Å². The maximum absolute atomic E-state index is 13.4. The maximum Gasteiger partial charge on any atom is 0.163 e. The molecule has 17 heavy (non-hydrogen) atoms. The maximum atomic E-state index is 13.4. The molecule has 0 amide bonds. The van der Waals surface area contributed by atoms with E-state index in [4.69, 9.17) is 0 Å². The number of carbonyl (C=O) groups is 1. The van der Waals surface area contributed by atoms with Gasteiger partial charge in [-0.2, -0.15) is 0 Å². The van der Waals surface area contributed by atoms with Crippen LogP contribution >= 0.6 is 0 Å². The smallest absolute Gasteiger partial charge is 0.163 e. The standard InChI is InChI=1S/C14H14F2O/c15-12-7-6-11(13(16)9-12)8-14(17)10-4-2-1-3-5-10/h4,6-7,9H,1-3,5,8H2. The van der Waals surface area contributed by atoms with Crippen molar-refractivity contribution < 1.29 is 13.6 Å². The first-order valence-corrected chi connectivity index (χ1v) is 5.83. The second kappa shape index (κ2) is 5.21. The van der Waals surface area contributed by atoms with E-state index in [1.54, 1.807) is 0 Å². The lowest BCUT2D eigenvalue weighted by molar-refractivity contribution is -0.115. The molecule has 0 heterocycles. The van der Waals surface area contributed by atoms with E-state index in [0.717, 1.165) is 37.3 Å². The van der Waals surface area contributed by atoms with Crippen LogP contribution in [-0.4, -0.2) is 5.78 Å². The van der Waals surface area contributed by atoms with E-state index in [9.17, 15) is 13.6 Å². The monoisotopic (exact) mass is 236 g/mol. The Morgan fingerprint density at radius 2 is 2.06 bits per heavy atom. The molecule has 0 aromatic heterocycles. The molecule has 3 heteroatoms. The average Bonchev–Trinajstić information content (AvgIpc) is 2.34. The molecule has 1 nitrogen and oxygen atoms in total. The second-order valence-electron chi connectivity index (χ2n) is 4.31. The Kier molecular flexibility index (Phi) is 3.67. The summed E-state index contributed by atoms with van der Waals surface area (Å²) in [7, 11) is 0. The molecular weight excluding hydrogens is 222 g/mol. The minimum Gasteiger partial charge on any atom is -0.294 e. The minimum atomic E-state index is -0.644. The van der Waals surface area contributed by atoms with Crippen molar-refractivity contribution in [2.24, 2.45) is 0 Å². The van der Waals surface area contributed by atoms with Gasteiger partial charge in [0.05, 0.1) is 0 Å². The lowest BCUT2D eigenvalue weighted by Crippen LogP contribution is -2.10. The number of allylic oxidation sites excluding steroid dienone is 2. The van der Waals surface area contributed by atoms with Crippen LogP contribution in [0.1, 0.15) is 31.2 Å². The molecule has 0 bridgehead atoms. The molecule has 0 spiro atoms. The molecule has 90 valence electrons. The molecule has 0 saturated carbocycles. The number of benzene rings is 1. The highest BCUT2D eigenvalue weighted by Gasteiger charge is 2.15. The first kappa shape index (κ1) is 12.0. The largest absolute Gasteiger partial charge is 0.294 e. The highest BCUT2D eigenvalue weighted by atomic mass is 19.1. The van der Waals surface area contributed by atoms with Crippen molar-refractivity contribution >= 4 is 5.78 Å². The predicted octanol–water partition coefficient (Wildman–Crippen LogP) is 3.58. The van der Waals surface area contributed by atoms with Crippen LogP contribution in [0.4, 0.5) is 8.78 Å². The van der Waals surface area contributed by atoms with E-state index >= 15 is 0 Å². The summed E-state index contributed by atoms with van der Waals surface area (Å²) >= 11 is 0. The Labute approximate surface area is 99.1 Å². The number of hydrogen-bond donors (Lipinski definition) is 0. The number of rotatable bonds is 3. The van der Waals surface area contributed by atoms with Crippen molar-refractivity contribution in [1.29, 1.82) is 0 Å². The number of hydrogen-bond acceptors (Lipinski definition) is 1. The van der Waals surface area contributed by atoms with Gasteiger partial charge in [0, 0.05) is 12.5 Å². The zero-order chi connectivity index (χ0) is 12.3. The number of ketones is 1. The molecule has 0 unspecified atom stereocenters. The summed E-state index contributed by atoms with van der Waals surface area (Å²) in [5, 5.41) is 0. The summed E-state index contributed by atoms with van der Waals surface area (Å²) in [5.74, 6) is -1.31. The average molecular weight is 236 g/mol. The summed E-state index contributed by atoms with van der Waals surface area (Å²) in [6.45, 7) is 0. The van der Waals surface area contributed by atoms with E-state index in [0.29, 0.717) is 0 Å². The van der Waals surface area contributed by atoms with Crippen molar-refractivity contribution in [2.75, 3.05) is 0 Å². The van der Waals surface area contributed by atoms with Crippen LogP contribution < -0.4 is 0 Å². The third-order valence-corrected chi connectivity index (χ3v) is 3.02. The zero-order valence-corrected chi connectivity index (χ0v) is 9.51. The number of Topliss-reactive ketones (excluding diaryl/α,β-unsaturated/α-hetero) is 1. The molecule has 0 radical (unpaired) electrons. The van der Waals surface area contributed by atoms with Gasteiger partial charge >= 0.3 is 0 Å². The molecule has 1 aromatic rings. The first-order chi connectivity index (χ1) is 8.16. The van der Waals surface area contributed by atoms with Gasteiger partial charge in [-0.1, -0.05) is 12.1 Å². The summed E-state index contributed by atoms with van der Waals surface area (Å²) < 4.78 is 26.1. The van der Waals surface area contributed by atoms with Gasteiger partial charge in [0.2, 0.25) is 0 Å². The van der Waals surface area contributed by atoms with Crippen LogP contribution in [0.5, 0.6) is 0 Å². The van der Waals surface area contributed by atoms with Crippen LogP contribution in [0, 0.1) is 11.6 Å². The first-order valence-electron chi connectivity index (χ1n) is 5.83. The van der Waals surface area contributed by atoms with Gasteiger partial charge in [-0.25, -0.2) is 8.78 Å². The molecule has 0 aliphatic heterocycles. The van der Waals surface area contributed by atoms with E-state index in [1.165, 1.54) is 12.1 Å². The van der Waals surface area contributed by atoms with Crippen LogP contribution in [-0.2, 0) is 11.2 Å². The van der Waals surface area contributed by atoms with Crippen molar-refractivity contribution in [3.63, 3.8) is 0 Å². The Balaban J connectivity index is 2.10. The molecule has 0 saturated heterocycles. The highest BCUT2D eigenvalue weighted by molar-refractivity contribution is 5.96. The molecule has 0 atom stereocenters. The van der Waals surface area contributed by atoms with Crippen molar-refractivity contribution in [2.45, 2.75) is 32.1 Å². The van der Waals surface area contributed by atoms with Crippen LogP contribution in [0.3, 0.4) is 0 Å².